The lowest BCUT2D eigenvalue weighted by Crippen LogP contribution is -2.72. The number of para-hydroxylation sites is 1. The van der Waals surface area contributed by atoms with Gasteiger partial charge >= 0.3 is 7.67 Å². The normalized spacial score (nSPS) is 25.3. The Morgan fingerprint density at radius 3 is 1.95 bits per heavy atom. The second-order valence-electron chi connectivity index (χ2n) is 5.58. The van der Waals surface area contributed by atoms with E-state index in [1.165, 1.54) is 8.89 Å². The van der Waals surface area contributed by atoms with Gasteiger partial charge in [0.25, 0.3) is 17.0 Å². The molecular formula is C10H21N4O3PSi2. The van der Waals surface area contributed by atoms with Gasteiger partial charge in [-0.05, 0) is 38.3 Å². The predicted molar refractivity (Wildman–Crippen MR) is 82.8 cm³/mol. The van der Waals surface area contributed by atoms with E-state index >= 15 is 0 Å². The minimum absolute atomic E-state index is 0.471. The molecule has 1 aliphatic rings. The van der Waals surface area contributed by atoms with Gasteiger partial charge in [0, 0.05) is 0 Å². The van der Waals surface area contributed by atoms with Crippen LogP contribution < -0.4 is 16.2 Å². The maximum atomic E-state index is 13.3. The minimum Gasteiger partial charge on any atom is -0.431 e. The van der Waals surface area contributed by atoms with Crippen LogP contribution in [0.2, 0.25) is 26.2 Å². The van der Waals surface area contributed by atoms with Crippen molar-refractivity contribution in [3.63, 3.8) is 0 Å². The van der Waals surface area contributed by atoms with E-state index < -0.39 is 24.6 Å². The molecule has 10 heteroatoms. The van der Waals surface area contributed by atoms with Crippen LogP contribution in [0.25, 0.3) is 0 Å². The van der Waals surface area contributed by atoms with Crippen LogP contribution in [-0.4, -0.2) is 25.8 Å². The van der Waals surface area contributed by atoms with Crippen molar-refractivity contribution in [3.05, 3.63) is 30.3 Å². The second kappa shape index (κ2) is 5.04. The fraction of sp³-hybridized carbons (Fsp3) is 0.400. The zero-order chi connectivity index (χ0) is 15.2. The number of benzene rings is 1. The SMILES string of the molecule is C[Si]1(C)O[Si](C)(C)N(N)P(=O)(Oc2ccccc2)N1N. The molecule has 112 valence electrons. The van der Waals surface area contributed by atoms with Gasteiger partial charge in [-0.15, -0.1) is 8.89 Å². The first-order chi connectivity index (χ1) is 9.09. The Bertz CT molecular complexity index is 519. The van der Waals surface area contributed by atoms with E-state index in [9.17, 15) is 4.57 Å². The smallest absolute Gasteiger partial charge is 0.412 e. The number of hydrazine groups is 2. The third kappa shape index (κ3) is 2.63. The van der Waals surface area contributed by atoms with E-state index in [-0.39, 0.29) is 0 Å². The number of hydrogen-bond donors (Lipinski definition) is 2. The van der Waals surface area contributed by atoms with Gasteiger partial charge in [-0.3, -0.25) is 11.7 Å². The summed E-state index contributed by atoms with van der Waals surface area (Å²) in [6.07, 6.45) is 0. The highest BCUT2D eigenvalue weighted by molar-refractivity contribution is 7.59. The molecule has 1 fully saturated rings. The molecule has 1 aromatic rings. The largest absolute Gasteiger partial charge is 0.431 e. The fourth-order valence-electron chi connectivity index (χ4n) is 2.12. The Morgan fingerprint density at radius 1 is 1.05 bits per heavy atom. The van der Waals surface area contributed by atoms with Crippen molar-refractivity contribution < 1.29 is 13.2 Å². The third-order valence-electron chi connectivity index (χ3n) is 3.12. The molecule has 0 saturated carbocycles. The highest BCUT2D eigenvalue weighted by Crippen LogP contribution is 2.58. The Hall–Kier alpha value is -0.516. The lowest BCUT2D eigenvalue weighted by molar-refractivity contribution is 0.297. The van der Waals surface area contributed by atoms with Crippen LogP contribution >= 0.6 is 7.67 Å². The zero-order valence-electron chi connectivity index (χ0n) is 12.1. The predicted octanol–water partition coefficient (Wildman–Crippen LogP) is 1.96. The monoisotopic (exact) mass is 332 g/mol. The van der Waals surface area contributed by atoms with Crippen molar-refractivity contribution in [2.45, 2.75) is 26.2 Å². The summed E-state index contributed by atoms with van der Waals surface area (Å²) in [5.41, 5.74) is 0. The van der Waals surface area contributed by atoms with Crippen LogP contribution in [-0.2, 0) is 8.68 Å². The molecule has 0 amide bonds. The van der Waals surface area contributed by atoms with Crippen LogP contribution in [0.3, 0.4) is 0 Å². The van der Waals surface area contributed by atoms with Gasteiger partial charge in [-0.1, -0.05) is 18.2 Å². The number of hydrogen-bond acceptors (Lipinski definition) is 5. The lowest BCUT2D eigenvalue weighted by atomic mass is 10.3. The molecule has 1 heterocycles. The summed E-state index contributed by atoms with van der Waals surface area (Å²) in [6.45, 7) is 7.54. The van der Waals surface area contributed by atoms with Crippen molar-refractivity contribution in [2.24, 2.45) is 11.7 Å². The van der Waals surface area contributed by atoms with Crippen molar-refractivity contribution in [3.8, 4) is 5.75 Å². The summed E-state index contributed by atoms with van der Waals surface area (Å²) in [6, 6.07) is 8.90. The van der Waals surface area contributed by atoms with E-state index in [1.807, 2.05) is 32.3 Å². The molecule has 1 aliphatic heterocycles. The van der Waals surface area contributed by atoms with Gasteiger partial charge in [-0.2, -0.15) is 0 Å². The highest BCUT2D eigenvalue weighted by atomic mass is 31.2. The molecule has 2 rings (SSSR count). The lowest BCUT2D eigenvalue weighted by Gasteiger charge is -2.51. The van der Waals surface area contributed by atoms with Crippen LogP contribution in [0.5, 0.6) is 5.75 Å². The number of nitrogens with zero attached hydrogens (tertiary/aromatic N) is 2. The highest BCUT2D eigenvalue weighted by Gasteiger charge is 2.60. The maximum Gasteiger partial charge on any atom is 0.412 e. The van der Waals surface area contributed by atoms with Crippen molar-refractivity contribution >= 4 is 24.6 Å². The topological polar surface area (TPSA) is 94.0 Å². The molecule has 0 unspecified atom stereocenters. The van der Waals surface area contributed by atoms with Gasteiger partial charge in [-0.25, -0.2) is 4.57 Å². The Morgan fingerprint density at radius 2 is 1.50 bits per heavy atom. The van der Waals surface area contributed by atoms with Gasteiger partial charge in [0.1, 0.15) is 5.75 Å². The second-order valence-corrected chi connectivity index (χ2v) is 15.9. The summed E-state index contributed by atoms with van der Waals surface area (Å²) in [5, 5.41) is 0. The average Bonchev–Trinajstić information content (AvgIpc) is 2.35. The van der Waals surface area contributed by atoms with E-state index in [0.29, 0.717) is 5.75 Å². The van der Waals surface area contributed by atoms with E-state index in [0.717, 1.165) is 0 Å². The first-order valence-electron chi connectivity index (χ1n) is 6.25. The third-order valence-corrected chi connectivity index (χ3v) is 15.3. The molecule has 20 heavy (non-hydrogen) atoms. The summed E-state index contributed by atoms with van der Waals surface area (Å²) in [5.74, 6) is 12.5. The molecule has 1 aromatic carbocycles. The van der Waals surface area contributed by atoms with Crippen LogP contribution in [0.1, 0.15) is 0 Å². The molecular weight excluding hydrogens is 311 g/mol. The zero-order valence-corrected chi connectivity index (χ0v) is 15.0. The average molecular weight is 332 g/mol. The van der Waals surface area contributed by atoms with Crippen molar-refractivity contribution in [1.29, 1.82) is 0 Å². The number of rotatable bonds is 2. The maximum absolute atomic E-state index is 13.3. The number of nitrogens with two attached hydrogens (primary N) is 2. The fourth-order valence-corrected chi connectivity index (χ4v) is 15.2. The quantitative estimate of drug-likeness (QED) is 0.485. The molecule has 0 aromatic heterocycles. The summed E-state index contributed by atoms with van der Waals surface area (Å²) >= 11 is 0. The van der Waals surface area contributed by atoms with Gasteiger partial charge in [0.05, 0.1) is 0 Å². The van der Waals surface area contributed by atoms with E-state index in [2.05, 4.69) is 0 Å². The molecule has 7 nitrogen and oxygen atoms in total. The first-order valence-corrected chi connectivity index (χ1v) is 13.5. The first kappa shape index (κ1) is 15.9. The van der Waals surface area contributed by atoms with Gasteiger partial charge in [0.2, 0.25) is 0 Å². The van der Waals surface area contributed by atoms with Crippen LogP contribution in [0, 0.1) is 0 Å². The summed E-state index contributed by atoms with van der Waals surface area (Å²) < 4.78 is 27.4. The summed E-state index contributed by atoms with van der Waals surface area (Å²) in [4.78, 5) is 0. The van der Waals surface area contributed by atoms with E-state index in [4.69, 9.17) is 20.3 Å². The summed E-state index contributed by atoms with van der Waals surface area (Å²) in [7, 11) is -8.53. The van der Waals surface area contributed by atoms with Crippen molar-refractivity contribution in [2.75, 3.05) is 0 Å². The molecule has 0 bridgehead atoms. The molecule has 1 saturated heterocycles. The Kier molecular flexibility index (Phi) is 4.00. The Labute approximate surface area is 121 Å². The van der Waals surface area contributed by atoms with E-state index in [1.54, 1.807) is 24.3 Å². The molecule has 0 spiro atoms. The van der Waals surface area contributed by atoms with Crippen molar-refractivity contribution in [1.82, 2.24) is 8.89 Å². The molecule has 0 aliphatic carbocycles. The van der Waals surface area contributed by atoms with Crippen LogP contribution in [0.15, 0.2) is 30.3 Å². The Balaban J connectivity index is 2.42. The molecule has 0 atom stereocenters. The minimum atomic E-state index is -3.54. The van der Waals surface area contributed by atoms with Gasteiger partial charge in [0.15, 0.2) is 0 Å². The molecule has 4 N–H and O–H groups in total. The van der Waals surface area contributed by atoms with Crippen LogP contribution in [0.4, 0.5) is 0 Å². The van der Waals surface area contributed by atoms with Gasteiger partial charge < -0.3 is 8.64 Å². The standard InChI is InChI=1S/C10H21N4O3PSi2/c1-19(2)13(11)18(15,14(12)20(3,4)17-19)16-10-8-6-5-7-9-10/h5-9H,11-12H2,1-4H3. The molecule has 0 radical (unpaired) electrons.